The molecule has 0 fully saturated rings. The van der Waals surface area contributed by atoms with Crippen LogP contribution in [0.4, 0.5) is 0 Å². The number of aromatic nitrogens is 2. The summed E-state index contributed by atoms with van der Waals surface area (Å²) in [4.78, 5) is 0.199. The van der Waals surface area contributed by atoms with Gasteiger partial charge < -0.3 is 9.84 Å². The second kappa shape index (κ2) is 6.87. The van der Waals surface area contributed by atoms with Gasteiger partial charge in [-0.05, 0) is 34.1 Å². The molecule has 0 radical (unpaired) electrons. The number of rotatable bonds is 8. The molecule has 0 atom stereocenters. The minimum Gasteiger partial charge on any atom is -0.396 e. The average Bonchev–Trinajstić information content (AvgIpc) is 2.60. The maximum absolute atomic E-state index is 12.6. The number of methoxy groups -OCH3 is 1. The molecular formula is C13H25N3O4S. The van der Waals surface area contributed by atoms with Gasteiger partial charge in [0.25, 0.3) is 0 Å². The SMILES string of the molecule is COCC(C)(C)NS(=O)(=O)c1c(C)nn(CCCO)c1C. The molecule has 1 aromatic heterocycles. The van der Waals surface area contributed by atoms with Crippen molar-refractivity contribution in [1.29, 1.82) is 0 Å². The molecule has 1 rings (SSSR count). The molecular weight excluding hydrogens is 294 g/mol. The highest BCUT2D eigenvalue weighted by Crippen LogP contribution is 2.21. The molecule has 1 heterocycles. The minimum atomic E-state index is -3.68. The predicted molar refractivity (Wildman–Crippen MR) is 79.7 cm³/mol. The van der Waals surface area contributed by atoms with Gasteiger partial charge in [0.15, 0.2) is 0 Å². The highest BCUT2D eigenvalue weighted by molar-refractivity contribution is 7.89. The van der Waals surface area contributed by atoms with Crippen LogP contribution in [-0.2, 0) is 21.3 Å². The quantitative estimate of drug-likeness (QED) is 0.731. The maximum atomic E-state index is 12.6. The Bertz CT molecular complexity index is 578. The van der Waals surface area contributed by atoms with Crippen molar-refractivity contribution < 1.29 is 18.3 Å². The summed E-state index contributed by atoms with van der Waals surface area (Å²) in [6, 6.07) is 0. The van der Waals surface area contributed by atoms with E-state index in [-0.39, 0.29) is 18.1 Å². The Hall–Kier alpha value is -0.960. The molecule has 0 aliphatic rings. The minimum absolute atomic E-state index is 0.0412. The fourth-order valence-electron chi connectivity index (χ4n) is 2.31. The largest absolute Gasteiger partial charge is 0.396 e. The van der Waals surface area contributed by atoms with E-state index in [9.17, 15) is 8.42 Å². The van der Waals surface area contributed by atoms with Crippen molar-refractivity contribution in [3.63, 3.8) is 0 Å². The van der Waals surface area contributed by atoms with E-state index in [2.05, 4.69) is 9.82 Å². The Morgan fingerprint density at radius 2 is 2.00 bits per heavy atom. The van der Waals surface area contributed by atoms with E-state index in [1.54, 1.807) is 32.4 Å². The lowest BCUT2D eigenvalue weighted by molar-refractivity contribution is 0.141. The molecule has 0 saturated heterocycles. The number of aliphatic hydroxyl groups excluding tert-OH is 1. The van der Waals surface area contributed by atoms with Crippen LogP contribution in [0.3, 0.4) is 0 Å². The maximum Gasteiger partial charge on any atom is 0.244 e. The second-order valence-electron chi connectivity index (χ2n) is 5.72. The first kappa shape index (κ1) is 18.1. The van der Waals surface area contributed by atoms with E-state index >= 15 is 0 Å². The molecule has 2 N–H and O–H groups in total. The number of ether oxygens (including phenoxy) is 1. The van der Waals surface area contributed by atoms with Crippen LogP contribution in [0, 0.1) is 13.8 Å². The monoisotopic (exact) mass is 319 g/mol. The smallest absolute Gasteiger partial charge is 0.244 e. The first-order valence-corrected chi connectivity index (χ1v) is 8.30. The molecule has 0 aliphatic carbocycles. The number of nitrogens with one attached hydrogen (secondary N) is 1. The van der Waals surface area contributed by atoms with Gasteiger partial charge in [0, 0.05) is 20.3 Å². The number of nitrogens with zero attached hydrogens (tertiary/aromatic N) is 2. The van der Waals surface area contributed by atoms with Crippen LogP contribution in [0.1, 0.15) is 31.7 Å². The van der Waals surface area contributed by atoms with Gasteiger partial charge >= 0.3 is 0 Å². The van der Waals surface area contributed by atoms with Crippen molar-refractivity contribution in [3.05, 3.63) is 11.4 Å². The standard InChI is InChI=1S/C13H25N3O4S/c1-10-12(11(2)16(14-10)7-6-8-17)21(18,19)15-13(3,4)9-20-5/h15,17H,6-9H2,1-5H3. The first-order valence-electron chi connectivity index (χ1n) is 6.82. The number of aliphatic hydroxyl groups is 1. The Balaban J connectivity index is 3.11. The van der Waals surface area contributed by atoms with Crippen molar-refractivity contribution in [2.45, 2.75) is 51.1 Å². The molecule has 0 unspecified atom stereocenters. The summed E-state index contributed by atoms with van der Waals surface area (Å²) in [5.74, 6) is 0. The number of sulfonamides is 1. The van der Waals surface area contributed by atoms with E-state index in [0.717, 1.165) is 0 Å². The highest BCUT2D eigenvalue weighted by atomic mass is 32.2. The van der Waals surface area contributed by atoms with Gasteiger partial charge in [-0.15, -0.1) is 0 Å². The summed E-state index contributed by atoms with van der Waals surface area (Å²) in [5.41, 5.74) is 0.312. The topological polar surface area (TPSA) is 93.5 Å². The highest BCUT2D eigenvalue weighted by Gasteiger charge is 2.30. The summed E-state index contributed by atoms with van der Waals surface area (Å²) in [6.07, 6.45) is 0.532. The zero-order valence-electron chi connectivity index (χ0n) is 13.3. The van der Waals surface area contributed by atoms with Crippen molar-refractivity contribution in [1.82, 2.24) is 14.5 Å². The van der Waals surface area contributed by atoms with Gasteiger partial charge in [0.05, 0.1) is 23.5 Å². The molecule has 21 heavy (non-hydrogen) atoms. The molecule has 122 valence electrons. The Kier molecular flexibility index (Phi) is 5.92. The third kappa shape index (κ3) is 4.50. The second-order valence-corrected chi connectivity index (χ2v) is 7.34. The van der Waals surface area contributed by atoms with Crippen LogP contribution in [0.2, 0.25) is 0 Å². The summed E-state index contributed by atoms with van der Waals surface area (Å²) < 4.78 is 34.5. The molecule has 7 nitrogen and oxygen atoms in total. The fraction of sp³-hybridized carbons (Fsp3) is 0.769. The normalized spacial score (nSPS) is 12.9. The lowest BCUT2D eigenvalue weighted by atomic mass is 10.1. The van der Waals surface area contributed by atoms with Gasteiger partial charge in [-0.2, -0.15) is 5.10 Å². The van der Waals surface area contributed by atoms with Gasteiger partial charge in [-0.25, -0.2) is 13.1 Å². The number of aryl methyl sites for hydroxylation is 2. The zero-order valence-corrected chi connectivity index (χ0v) is 14.1. The van der Waals surface area contributed by atoms with Crippen LogP contribution >= 0.6 is 0 Å². The predicted octanol–water partition coefficient (Wildman–Crippen LogP) is 0.586. The van der Waals surface area contributed by atoms with Crippen LogP contribution in [-0.4, -0.2) is 49.2 Å². The van der Waals surface area contributed by atoms with E-state index in [0.29, 0.717) is 24.4 Å². The van der Waals surface area contributed by atoms with Gasteiger partial charge in [0.2, 0.25) is 10.0 Å². The van der Waals surface area contributed by atoms with Crippen molar-refractivity contribution in [3.8, 4) is 0 Å². The van der Waals surface area contributed by atoms with Crippen molar-refractivity contribution in [2.24, 2.45) is 0 Å². The summed E-state index contributed by atoms with van der Waals surface area (Å²) in [5, 5.41) is 13.1. The Morgan fingerprint density at radius 3 is 2.52 bits per heavy atom. The zero-order chi connectivity index (χ0) is 16.3. The summed E-state index contributed by atoms with van der Waals surface area (Å²) in [6.45, 7) is 7.70. The molecule has 1 aromatic rings. The molecule has 0 aliphatic heterocycles. The average molecular weight is 319 g/mol. The number of hydrogen-bond donors (Lipinski definition) is 2. The fourth-order valence-corrected chi connectivity index (χ4v) is 4.13. The van der Waals surface area contributed by atoms with Crippen LogP contribution in [0.15, 0.2) is 4.90 Å². The first-order chi connectivity index (χ1) is 9.64. The molecule has 0 saturated carbocycles. The number of hydrogen-bond acceptors (Lipinski definition) is 5. The van der Waals surface area contributed by atoms with Gasteiger partial charge in [0.1, 0.15) is 4.90 Å². The van der Waals surface area contributed by atoms with E-state index in [4.69, 9.17) is 9.84 Å². The van der Waals surface area contributed by atoms with Crippen LogP contribution in [0.5, 0.6) is 0 Å². The van der Waals surface area contributed by atoms with Crippen LogP contribution in [0.25, 0.3) is 0 Å². The third-order valence-corrected chi connectivity index (χ3v) is 4.98. The van der Waals surface area contributed by atoms with Crippen molar-refractivity contribution in [2.75, 3.05) is 20.3 Å². The molecule has 8 heteroatoms. The molecule has 0 aromatic carbocycles. The van der Waals surface area contributed by atoms with E-state index < -0.39 is 15.6 Å². The summed E-state index contributed by atoms with van der Waals surface area (Å²) in [7, 11) is -2.15. The van der Waals surface area contributed by atoms with E-state index in [1.165, 1.54) is 7.11 Å². The molecule has 0 amide bonds. The van der Waals surface area contributed by atoms with Crippen molar-refractivity contribution >= 4 is 10.0 Å². The summed E-state index contributed by atoms with van der Waals surface area (Å²) >= 11 is 0. The van der Waals surface area contributed by atoms with Gasteiger partial charge in [-0.3, -0.25) is 4.68 Å². The van der Waals surface area contributed by atoms with Gasteiger partial charge in [-0.1, -0.05) is 0 Å². The lowest BCUT2D eigenvalue weighted by Gasteiger charge is -2.25. The molecule has 0 bridgehead atoms. The molecule has 0 spiro atoms. The van der Waals surface area contributed by atoms with Crippen LogP contribution < -0.4 is 4.72 Å². The lowest BCUT2D eigenvalue weighted by Crippen LogP contribution is -2.46. The van der Waals surface area contributed by atoms with E-state index in [1.807, 2.05) is 0 Å². The Labute approximate surface area is 126 Å². The Morgan fingerprint density at radius 1 is 1.38 bits per heavy atom. The third-order valence-electron chi connectivity index (χ3n) is 3.03.